The van der Waals surface area contributed by atoms with E-state index >= 15 is 0 Å². The van der Waals surface area contributed by atoms with E-state index in [1.807, 2.05) is 37.4 Å². The molecular formula is C19H18ClN3O3. The molecule has 0 saturated heterocycles. The summed E-state index contributed by atoms with van der Waals surface area (Å²) < 4.78 is 13.2. The van der Waals surface area contributed by atoms with Crippen molar-refractivity contribution < 1.29 is 13.9 Å². The molecule has 0 N–H and O–H groups in total. The van der Waals surface area contributed by atoms with E-state index in [1.54, 1.807) is 21.7 Å². The van der Waals surface area contributed by atoms with Gasteiger partial charge in [0.05, 0.1) is 17.3 Å². The lowest BCUT2D eigenvalue weighted by atomic mass is 10.1. The maximum Gasteiger partial charge on any atom is 0.272 e. The van der Waals surface area contributed by atoms with Crippen molar-refractivity contribution >= 4 is 17.5 Å². The topological polar surface area (TPSA) is 60.5 Å². The highest BCUT2D eigenvalue weighted by molar-refractivity contribution is 6.33. The van der Waals surface area contributed by atoms with Gasteiger partial charge in [-0.15, -0.1) is 0 Å². The molecule has 1 aromatic carbocycles. The van der Waals surface area contributed by atoms with Crippen molar-refractivity contribution in [1.82, 2.24) is 14.5 Å². The molecule has 6 nitrogen and oxygen atoms in total. The third kappa shape index (κ3) is 3.20. The number of oxazole rings is 1. The first-order valence-corrected chi connectivity index (χ1v) is 8.75. The molecule has 0 atom stereocenters. The molecule has 26 heavy (non-hydrogen) atoms. The fraction of sp³-hybridized carbons (Fsp3) is 0.263. The number of amides is 1. The van der Waals surface area contributed by atoms with Crippen molar-refractivity contribution in [2.45, 2.75) is 19.6 Å². The van der Waals surface area contributed by atoms with Crippen LogP contribution >= 0.6 is 11.6 Å². The van der Waals surface area contributed by atoms with Crippen molar-refractivity contribution in [2.24, 2.45) is 7.05 Å². The zero-order valence-corrected chi connectivity index (χ0v) is 15.1. The molecule has 134 valence electrons. The Balaban J connectivity index is 1.46. The number of aromatic nitrogens is 2. The summed E-state index contributed by atoms with van der Waals surface area (Å²) >= 11 is 6.14. The summed E-state index contributed by atoms with van der Waals surface area (Å²) in [5, 5.41) is 0.456. The number of rotatable bonds is 4. The Labute approximate surface area is 156 Å². The van der Waals surface area contributed by atoms with Crippen molar-refractivity contribution in [2.75, 3.05) is 6.54 Å². The molecule has 7 heteroatoms. The minimum absolute atomic E-state index is 0.105. The van der Waals surface area contributed by atoms with E-state index in [0.29, 0.717) is 41.9 Å². The SMILES string of the molecule is Cn1ccc(Cl)c1C(=O)N1CCc2nc(COc3ccccc3)oc2C1. The number of ether oxygens (including phenoxy) is 1. The summed E-state index contributed by atoms with van der Waals surface area (Å²) in [7, 11) is 1.81. The quantitative estimate of drug-likeness (QED) is 0.704. The minimum Gasteiger partial charge on any atom is -0.484 e. The molecule has 4 rings (SSSR count). The normalized spacial score (nSPS) is 13.5. The van der Waals surface area contributed by atoms with Crippen LogP contribution in [0.5, 0.6) is 5.75 Å². The Morgan fingerprint density at radius 1 is 1.31 bits per heavy atom. The summed E-state index contributed by atoms with van der Waals surface area (Å²) in [4.78, 5) is 19.0. The Morgan fingerprint density at radius 3 is 2.85 bits per heavy atom. The lowest BCUT2D eigenvalue weighted by molar-refractivity contribution is 0.0708. The Hall–Kier alpha value is -2.73. The van der Waals surface area contributed by atoms with E-state index in [9.17, 15) is 4.79 Å². The van der Waals surface area contributed by atoms with Crippen molar-refractivity contribution in [3.8, 4) is 5.75 Å². The second-order valence-electron chi connectivity index (χ2n) is 6.18. The van der Waals surface area contributed by atoms with Gasteiger partial charge in [0.25, 0.3) is 5.91 Å². The van der Waals surface area contributed by atoms with E-state index in [2.05, 4.69) is 4.98 Å². The van der Waals surface area contributed by atoms with E-state index in [0.717, 1.165) is 11.4 Å². The highest BCUT2D eigenvalue weighted by Crippen LogP contribution is 2.25. The molecule has 0 aliphatic carbocycles. The smallest absolute Gasteiger partial charge is 0.272 e. The van der Waals surface area contributed by atoms with Gasteiger partial charge in [-0.2, -0.15) is 0 Å². The van der Waals surface area contributed by atoms with Crippen LogP contribution in [0.1, 0.15) is 27.8 Å². The van der Waals surface area contributed by atoms with Crippen LogP contribution in [0.4, 0.5) is 0 Å². The Bertz CT molecular complexity index is 913. The number of nitrogens with zero attached hydrogens (tertiary/aromatic N) is 3. The van der Waals surface area contributed by atoms with Crippen molar-refractivity contribution in [3.63, 3.8) is 0 Å². The first-order valence-electron chi connectivity index (χ1n) is 8.37. The lowest BCUT2D eigenvalue weighted by Gasteiger charge is -2.25. The summed E-state index contributed by atoms with van der Waals surface area (Å²) in [5.41, 5.74) is 1.38. The number of fused-ring (bicyclic) bond motifs is 1. The molecule has 3 heterocycles. The zero-order valence-electron chi connectivity index (χ0n) is 14.3. The van der Waals surface area contributed by atoms with Gasteiger partial charge >= 0.3 is 0 Å². The molecule has 0 radical (unpaired) electrons. The van der Waals surface area contributed by atoms with Gasteiger partial charge in [-0.05, 0) is 18.2 Å². The Kier molecular flexibility index (Phi) is 4.42. The zero-order chi connectivity index (χ0) is 18.1. The molecule has 2 aromatic heterocycles. The van der Waals surface area contributed by atoms with Crippen LogP contribution < -0.4 is 4.74 Å². The molecule has 0 fully saturated rings. The molecule has 1 amide bonds. The molecule has 1 aliphatic heterocycles. The number of halogens is 1. The number of benzene rings is 1. The van der Waals surface area contributed by atoms with E-state index in [-0.39, 0.29) is 12.5 Å². The predicted octanol–water partition coefficient (Wildman–Crippen LogP) is 3.44. The monoisotopic (exact) mass is 371 g/mol. The molecule has 1 aliphatic rings. The van der Waals surface area contributed by atoms with Gasteiger partial charge in [0.1, 0.15) is 17.2 Å². The fourth-order valence-electron chi connectivity index (χ4n) is 3.05. The highest BCUT2D eigenvalue weighted by Gasteiger charge is 2.28. The first-order chi connectivity index (χ1) is 12.6. The standard InChI is InChI=1S/C19H18ClN3O3/c1-22-9-7-14(20)18(22)19(24)23-10-8-15-16(11-23)26-17(21-15)12-25-13-5-3-2-4-6-13/h2-7,9H,8,10-12H2,1H3. The van der Waals surface area contributed by atoms with Gasteiger partial charge in [0.15, 0.2) is 6.61 Å². The maximum atomic E-state index is 12.8. The molecule has 0 spiro atoms. The predicted molar refractivity (Wildman–Crippen MR) is 96.1 cm³/mol. The molecular weight excluding hydrogens is 354 g/mol. The first kappa shape index (κ1) is 16.7. The van der Waals surface area contributed by atoms with Crippen LogP contribution in [-0.4, -0.2) is 26.9 Å². The summed E-state index contributed by atoms with van der Waals surface area (Å²) in [6.45, 7) is 1.22. The Morgan fingerprint density at radius 2 is 2.12 bits per heavy atom. The van der Waals surface area contributed by atoms with Crippen LogP contribution in [0.15, 0.2) is 47.0 Å². The number of aryl methyl sites for hydroxylation is 1. The summed E-state index contributed by atoms with van der Waals surface area (Å²) in [6.07, 6.45) is 2.43. The second kappa shape index (κ2) is 6.88. The van der Waals surface area contributed by atoms with E-state index in [4.69, 9.17) is 20.8 Å². The minimum atomic E-state index is -0.105. The average molecular weight is 372 g/mol. The highest BCUT2D eigenvalue weighted by atomic mass is 35.5. The van der Waals surface area contributed by atoms with Gasteiger partial charge in [-0.25, -0.2) is 4.98 Å². The summed E-state index contributed by atoms with van der Waals surface area (Å²) in [6, 6.07) is 11.2. The van der Waals surface area contributed by atoms with Gasteiger partial charge < -0.3 is 18.6 Å². The molecule has 0 unspecified atom stereocenters. The molecule has 3 aromatic rings. The van der Waals surface area contributed by atoms with Crippen LogP contribution in [0.25, 0.3) is 0 Å². The lowest BCUT2D eigenvalue weighted by Crippen LogP contribution is -2.36. The van der Waals surface area contributed by atoms with Crippen LogP contribution in [0.3, 0.4) is 0 Å². The van der Waals surface area contributed by atoms with Gasteiger partial charge in [0, 0.05) is 26.2 Å². The van der Waals surface area contributed by atoms with E-state index in [1.165, 1.54) is 0 Å². The largest absolute Gasteiger partial charge is 0.484 e. The number of hydrogen-bond acceptors (Lipinski definition) is 4. The number of hydrogen-bond donors (Lipinski definition) is 0. The number of para-hydroxylation sites is 1. The van der Waals surface area contributed by atoms with Gasteiger partial charge in [0.2, 0.25) is 5.89 Å². The number of carbonyl (C=O) groups is 1. The van der Waals surface area contributed by atoms with Crippen molar-refractivity contribution in [1.29, 1.82) is 0 Å². The third-order valence-corrected chi connectivity index (χ3v) is 4.70. The van der Waals surface area contributed by atoms with Gasteiger partial charge in [-0.3, -0.25) is 4.79 Å². The number of carbonyl (C=O) groups excluding carboxylic acids is 1. The van der Waals surface area contributed by atoms with Crippen molar-refractivity contribution in [3.05, 3.63) is 70.7 Å². The van der Waals surface area contributed by atoms with E-state index < -0.39 is 0 Å². The van der Waals surface area contributed by atoms with Crippen LogP contribution in [0.2, 0.25) is 5.02 Å². The summed E-state index contributed by atoms with van der Waals surface area (Å²) in [5.74, 6) is 1.89. The fourth-order valence-corrected chi connectivity index (χ4v) is 3.32. The van der Waals surface area contributed by atoms with Crippen LogP contribution in [-0.2, 0) is 26.6 Å². The maximum absolute atomic E-state index is 12.8. The second-order valence-corrected chi connectivity index (χ2v) is 6.59. The molecule has 0 bridgehead atoms. The average Bonchev–Trinajstić information content (AvgIpc) is 3.22. The third-order valence-electron chi connectivity index (χ3n) is 4.39. The molecule has 0 saturated carbocycles. The van der Waals surface area contributed by atoms with Gasteiger partial charge in [-0.1, -0.05) is 29.8 Å². The van der Waals surface area contributed by atoms with Crippen LogP contribution in [0, 0.1) is 0 Å².